The lowest BCUT2D eigenvalue weighted by molar-refractivity contribution is 0.505. The summed E-state index contributed by atoms with van der Waals surface area (Å²) in [6, 6.07) is 2.90. The number of benzene rings is 1. The molecule has 0 heterocycles. The molecule has 0 spiro atoms. The zero-order chi connectivity index (χ0) is 11.9. The molecule has 0 atom stereocenters. The molecule has 1 aromatic carbocycles. The Hall–Kier alpha value is -0.960. The van der Waals surface area contributed by atoms with Crippen LogP contribution in [-0.4, -0.2) is 6.54 Å². The third kappa shape index (κ3) is 1.63. The first-order valence-corrected chi connectivity index (χ1v) is 5.70. The fourth-order valence-electron chi connectivity index (χ4n) is 2.21. The summed E-state index contributed by atoms with van der Waals surface area (Å²) in [4.78, 5) is 0. The van der Waals surface area contributed by atoms with Crippen molar-refractivity contribution < 1.29 is 8.78 Å². The highest BCUT2D eigenvalue weighted by Gasteiger charge is 2.47. The van der Waals surface area contributed by atoms with Crippen LogP contribution < -0.4 is 5.73 Å². The molecule has 2 rings (SSSR count). The van der Waals surface area contributed by atoms with Gasteiger partial charge in [-0.2, -0.15) is 0 Å². The minimum absolute atomic E-state index is 0.0629. The van der Waals surface area contributed by atoms with E-state index in [4.69, 9.17) is 5.73 Å². The number of nitrogens with two attached hydrogens (primary N) is 1. The normalized spacial score (nSPS) is 17.9. The summed E-state index contributed by atoms with van der Waals surface area (Å²) in [7, 11) is 0. The molecular formula is C13H17F2N. The zero-order valence-electron chi connectivity index (χ0n) is 9.69. The van der Waals surface area contributed by atoms with E-state index in [1.165, 1.54) is 12.1 Å². The van der Waals surface area contributed by atoms with Crippen LogP contribution in [0, 0.1) is 11.6 Å². The van der Waals surface area contributed by atoms with Crippen molar-refractivity contribution in [2.45, 2.75) is 38.0 Å². The van der Waals surface area contributed by atoms with E-state index in [1.807, 2.05) is 13.8 Å². The molecule has 0 aromatic heterocycles. The fraction of sp³-hybridized carbons (Fsp3) is 0.538. The first-order chi connectivity index (χ1) is 7.52. The topological polar surface area (TPSA) is 26.0 Å². The molecule has 1 aromatic rings. The Morgan fingerprint density at radius 3 is 2.38 bits per heavy atom. The molecule has 88 valence electrons. The Bertz CT molecular complexity index is 409. The lowest BCUT2D eigenvalue weighted by Gasteiger charge is -2.18. The van der Waals surface area contributed by atoms with Crippen molar-refractivity contribution in [2.24, 2.45) is 5.73 Å². The van der Waals surface area contributed by atoms with Gasteiger partial charge in [-0.3, -0.25) is 0 Å². The van der Waals surface area contributed by atoms with Crippen molar-refractivity contribution in [3.63, 3.8) is 0 Å². The predicted molar refractivity (Wildman–Crippen MR) is 60.4 cm³/mol. The number of halogens is 2. The minimum Gasteiger partial charge on any atom is -0.330 e. The average molecular weight is 225 g/mol. The second-order valence-corrected chi connectivity index (χ2v) is 4.96. The maximum Gasteiger partial charge on any atom is 0.133 e. The van der Waals surface area contributed by atoms with Gasteiger partial charge in [0.05, 0.1) is 0 Å². The largest absolute Gasteiger partial charge is 0.330 e. The Morgan fingerprint density at radius 2 is 1.94 bits per heavy atom. The molecule has 0 radical (unpaired) electrons. The van der Waals surface area contributed by atoms with Gasteiger partial charge in [-0.25, -0.2) is 8.78 Å². The maximum atomic E-state index is 14.2. The van der Waals surface area contributed by atoms with Crippen LogP contribution in [0.15, 0.2) is 12.1 Å². The third-order valence-electron chi connectivity index (χ3n) is 3.52. The predicted octanol–water partition coefficient (Wildman–Crippen LogP) is 3.08. The fourth-order valence-corrected chi connectivity index (χ4v) is 2.21. The SMILES string of the molecule is CC(C)c1ccc(F)c(C2(CN)CC2)c1F. The van der Waals surface area contributed by atoms with E-state index >= 15 is 0 Å². The van der Waals surface area contributed by atoms with E-state index in [-0.39, 0.29) is 11.5 Å². The molecular weight excluding hydrogens is 208 g/mol. The molecule has 2 N–H and O–H groups in total. The smallest absolute Gasteiger partial charge is 0.133 e. The quantitative estimate of drug-likeness (QED) is 0.840. The Balaban J connectivity index is 2.56. The van der Waals surface area contributed by atoms with E-state index in [0.717, 1.165) is 12.8 Å². The number of rotatable bonds is 3. The van der Waals surface area contributed by atoms with Gasteiger partial charge in [0.1, 0.15) is 11.6 Å². The van der Waals surface area contributed by atoms with Crippen molar-refractivity contribution >= 4 is 0 Å². The van der Waals surface area contributed by atoms with Crippen LogP contribution in [-0.2, 0) is 5.41 Å². The van der Waals surface area contributed by atoms with Gasteiger partial charge in [-0.15, -0.1) is 0 Å². The van der Waals surface area contributed by atoms with Crippen LogP contribution in [0.2, 0.25) is 0 Å². The second-order valence-electron chi connectivity index (χ2n) is 4.96. The van der Waals surface area contributed by atoms with Crippen molar-refractivity contribution in [3.8, 4) is 0 Å². The van der Waals surface area contributed by atoms with Gasteiger partial charge in [-0.05, 0) is 30.4 Å². The maximum absolute atomic E-state index is 14.2. The van der Waals surface area contributed by atoms with E-state index in [2.05, 4.69) is 0 Å². The number of hydrogen-bond acceptors (Lipinski definition) is 1. The summed E-state index contributed by atoms with van der Waals surface area (Å²) in [6.45, 7) is 4.13. The molecule has 0 bridgehead atoms. The molecule has 3 heteroatoms. The summed E-state index contributed by atoms with van der Waals surface area (Å²) >= 11 is 0. The molecule has 0 amide bonds. The lowest BCUT2D eigenvalue weighted by atomic mass is 9.90. The van der Waals surface area contributed by atoms with Gasteiger partial charge in [0.25, 0.3) is 0 Å². The highest BCUT2D eigenvalue weighted by atomic mass is 19.1. The lowest BCUT2D eigenvalue weighted by Crippen LogP contribution is -2.23. The first-order valence-electron chi connectivity index (χ1n) is 5.70. The van der Waals surface area contributed by atoms with Crippen LogP contribution in [0.4, 0.5) is 8.78 Å². The highest BCUT2D eigenvalue weighted by molar-refractivity contribution is 5.39. The second kappa shape index (κ2) is 3.81. The van der Waals surface area contributed by atoms with Crippen molar-refractivity contribution in [3.05, 3.63) is 34.9 Å². The van der Waals surface area contributed by atoms with Gasteiger partial charge in [0.2, 0.25) is 0 Å². The van der Waals surface area contributed by atoms with Gasteiger partial charge in [0.15, 0.2) is 0 Å². The Kier molecular flexibility index (Phi) is 2.74. The molecule has 1 nitrogen and oxygen atoms in total. The Morgan fingerprint density at radius 1 is 1.31 bits per heavy atom. The van der Waals surface area contributed by atoms with Crippen LogP contribution in [0.1, 0.15) is 43.7 Å². The molecule has 16 heavy (non-hydrogen) atoms. The van der Waals surface area contributed by atoms with Crippen molar-refractivity contribution in [2.75, 3.05) is 6.54 Å². The minimum atomic E-state index is -0.454. The summed E-state index contributed by atoms with van der Waals surface area (Å²) < 4.78 is 27.9. The van der Waals surface area contributed by atoms with Crippen LogP contribution >= 0.6 is 0 Å². The summed E-state index contributed by atoms with van der Waals surface area (Å²) in [5.74, 6) is -0.782. The van der Waals surface area contributed by atoms with E-state index < -0.39 is 17.0 Å². The van der Waals surface area contributed by atoms with Crippen molar-refractivity contribution in [1.29, 1.82) is 0 Å². The first kappa shape index (κ1) is 11.5. The molecule has 0 unspecified atom stereocenters. The van der Waals surface area contributed by atoms with Gasteiger partial charge >= 0.3 is 0 Å². The summed E-state index contributed by atoms with van der Waals surface area (Å²) in [5, 5.41) is 0. The van der Waals surface area contributed by atoms with Crippen LogP contribution in [0.3, 0.4) is 0 Å². The van der Waals surface area contributed by atoms with E-state index in [0.29, 0.717) is 12.1 Å². The number of hydrogen-bond donors (Lipinski definition) is 1. The average Bonchev–Trinajstić information content (AvgIpc) is 2.98. The summed E-state index contributed by atoms with van der Waals surface area (Å²) in [6.07, 6.45) is 1.58. The van der Waals surface area contributed by atoms with E-state index in [1.54, 1.807) is 0 Å². The van der Waals surface area contributed by atoms with Gasteiger partial charge in [0, 0.05) is 17.5 Å². The third-order valence-corrected chi connectivity index (χ3v) is 3.52. The highest BCUT2D eigenvalue weighted by Crippen LogP contribution is 2.49. The van der Waals surface area contributed by atoms with Gasteiger partial charge in [-0.1, -0.05) is 19.9 Å². The van der Waals surface area contributed by atoms with Crippen molar-refractivity contribution in [1.82, 2.24) is 0 Å². The molecule has 1 fully saturated rings. The molecule has 1 aliphatic carbocycles. The monoisotopic (exact) mass is 225 g/mol. The molecule has 1 saturated carbocycles. The molecule has 0 aliphatic heterocycles. The van der Waals surface area contributed by atoms with E-state index in [9.17, 15) is 8.78 Å². The van der Waals surface area contributed by atoms with Crippen LogP contribution in [0.5, 0.6) is 0 Å². The van der Waals surface area contributed by atoms with Crippen LogP contribution in [0.25, 0.3) is 0 Å². The summed E-state index contributed by atoms with van der Waals surface area (Å²) in [5.41, 5.74) is 5.99. The molecule has 1 aliphatic rings. The van der Waals surface area contributed by atoms with Gasteiger partial charge < -0.3 is 5.73 Å². The molecule has 0 saturated heterocycles. The Labute approximate surface area is 94.7 Å². The standard InChI is InChI=1S/C13H17F2N/c1-8(2)9-3-4-10(14)11(12(9)15)13(7-16)5-6-13/h3-4,8H,5-7,16H2,1-2H3. The zero-order valence-corrected chi connectivity index (χ0v) is 9.69.